The van der Waals surface area contributed by atoms with Crippen LogP contribution in [0, 0.1) is 11.8 Å². The third-order valence-electron chi connectivity index (χ3n) is 5.31. The summed E-state index contributed by atoms with van der Waals surface area (Å²) in [7, 11) is 0. The topological polar surface area (TPSA) is 80.3 Å². The number of carbonyl (C=O) groups is 2. The zero-order valence-electron chi connectivity index (χ0n) is 21.9. The van der Waals surface area contributed by atoms with Gasteiger partial charge in [0.1, 0.15) is 0 Å². The van der Waals surface area contributed by atoms with E-state index in [1.807, 2.05) is 0 Å². The Balaban J connectivity index is -0.000000414. The van der Waals surface area contributed by atoms with E-state index in [1.54, 1.807) is 8.87 Å². The summed E-state index contributed by atoms with van der Waals surface area (Å²) in [6.07, 6.45) is 14.6. The van der Waals surface area contributed by atoms with E-state index in [0.717, 1.165) is 62.9 Å². The van der Waals surface area contributed by atoms with Crippen molar-refractivity contribution in [2.75, 3.05) is 11.5 Å². The summed E-state index contributed by atoms with van der Waals surface area (Å²) in [6, 6.07) is 0. The van der Waals surface area contributed by atoms with Crippen molar-refractivity contribution in [3.8, 4) is 0 Å². The molecule has 2 atom stereocenters. The van der Waals surface area contributed by atoms with Gasteiger partial charge in [-0.25, -0.2) is 0 Å². The van der Waals surface area contributed by atoms with Gasteiger partial charge in [0.05, 0.1) is 0 Å². The number of carbonyl (C=O) groups excluding carboxylic acids is 2. The molecule has 0 saturated heterocycles. The monoisotopic (exact) mass is 612 g/mol. The van der Waals surface area contributed by atoms with Crippen molar-refractivity contribution in [3.05, 3.63) is 0 Å². The number of unbranched alkanes of at least 4 members (excludes halogenated alkanes) is 4. The van der Waals surface area contributed by atoms with E-state index in [0.29, 0.717) is 12.8 Å². The van der Waals surface area contributed by atoms with Crippen molar-refractivity contribution in [1.29, 1.82) is 0 Å². The van der Waals surface area contributed by atoms with Crippen molar-refractivity contribution in [3.63, 3.8) is 0 Å². The molecule has 4 nitrogen and oxygen atoms in total. The number of hydrogen-bond donors (Lipinski definition) is 2. The molecule has 2 unspecified atom stereocenters. The first-order chi connectivity index (χ1) is 15.9. The minimum atomic E-state index is -0.898. The fourth-order valence-corrected chi connectivity index (χ4v) is 7.59. The van der Waals surface area contributed by atoms with Gasteiger partial charge in [-0.2, -0.15) is 25.3 Å². The zero-order chi connectivity index (χ0) is 25.7. The molecule has 0 aliphatic carbocycles. The predicted molar refractivity (Wildman–Crippen MR) is 147 cm³/mol. The predicted octanol–water partition coefficient (Wildman–Crippen LogP) is 5.63. The molecular weight excluding hydrogens is 559 g/mol. The first-order valence-corrected chi connectivity index (χ1v) is 18.5. The SMILES string of the molecule is CCCCC(CCCS)C(=O)[O-].CCCCC(CCCS)C(=O)[O-].CCC[CH2][Sn+2][CH2]CCC. The summed E-state index contributed by atoms with van der Waals surface area (Å²) >= 11 is 8.23. The molecule has 0 aromatic carbocycles. The van der Waals surface area contributed by atoms with Crippen LogP contribution in [0.25, 0.3) is 0 Å². The molecule has 0 aromatic heterocycles. The van der Waals surface area contributed by atoms with Gasteiger partial charge in [-0.05, 0) is 61.9 Å². The van der Waals surface area contributed by atoms with E-state index in [4.69, 9.17) is 0 Å². The second kappa shape index (κ2) is 32.4. The Bertz CT molecular complexity index is 360. The van der Waals surface area contributed by atoms with E-state index in [9.17, 15) is 19.8 Å². The molecule has 196 valence electrons. The van der Waals surface area contributed by atoms with E-state index in [1.165, 1.54) is 25.7 Å². The molecule has 33 heavy (non-hydrogen) atoms. The van der Waals surface area contributed by atoms with Crippen LogP contribution in [-0.4, -0.2) is 44.6 Å². The van der Waals surface area contributed by atoms with Gasteiger partial charge >= 0.3 is 69.5 Å². The van der Waals surface area contributed by atoms with Crippen molar-refractivity contribution in [2.45, 2.75) is 126 Å². The molecule has 0 aliphatic heterocycles. The number of thiol groups is 2. The van der Waals surface area contributed by atoms with Gasteiger partial charge < -0.3 is 19.8 Å². The fourth-order valence-electron chi connectivity index (χ4n) is 3.07. The summed E-state index contributed by atoms with van der Waals surface area (Å²) in [4.78, 5) is 21.2. The number of carboxylic acids is 2. The Hall–Kier alpha value is 0.439. The molecule has 0 saturated carbocycles. The van der Waals surface area contributed by atoms with Crippen LogP contribution < -0.4 is 10.2 Å². The van der Waals surface area contributed by atoms with Crippen LogP contribution in [-0.2, 0) is 9.59 Å². The maximum absolute atomic E-state index is 10.6. The molecule has 0 aromatic rings. The molecule has 0 spiro atoms. The Morgan fingerprint density at radius 2 is 0.909 bits per heavy atom. The standard InChI is InChI=1S/2C9H18O2S.2C4H9.Sn/c2*1-2-3-5-8(9(10)11)6-4-7-12;2*1-3-4-2;/h2*8,12H,2-7H2,1H3,(H,10,11);2*1,3-4H2,2H3;/q;;;;+2/p-2. The van der Waals surface area contributed by atoms with Gasteiger partial charge in [-0.1, -0.05) is 39.5 Å². The third-order valence-corrected chi connectivity index (χ3v) is 9.98. The van der Waals surface area contributed by atoms with Gasteiger partial charge in [-0.3, -0.25) is 0 Å². The van der Waals surface area contributed by atoms with E-state index >= 15 is 0 Å². The van der Waals surface area contributed by atoms with E-state index < -0.39 is 11.9 Å². The summed E-state index contributed by atoms with van der Waals surface area (Å²) in [5, 5.41) is 21.2. The van der Waals surface area contributed by atoms with Crippen LogP contribution in [0.5, 0.6) is 0 Å². The first kappa shape index (κ1) is 38.0. The number of carboxylic acid groups (broad SMARTS) is 2. The van der Waals surface area contributed by atoms with E-state index in [-0.39, 0.29) is 33.0 Å². The summed E-state index contributed by atoms with van der Waals surface area (Å²) in [5.74, 6) is -0.782. The molecule has 0 amide bonds. The van der Waals surface area contributed by atoms with Crippen LogP contribution in [0.3, 0.4) is 0 Å². The summed E-state index contributed by atoms with van der Waals surface area (Å²) in [5.41, 5.74) is 0. The molecule has 0 bridgehead atoms. The Labute approximate surface area is 226 Å². The van der Waals surface area contributed by atoms with Crippen LogP contribution in [0.2, 0.25) is 8.87 Å². The second-order valence-corrected chi connectivity index (χ2v) is 13.7. The Morgan fingerprint density at radius 3 is 1.15 bits per heavy atom. The van der Waals surface area contributed by atoms with Gasteiger partial charge in [0.2, 0.25) is 0 Å². The maximum atomic E-state index is 10.6. The first-order valence-electron chi connectivity index (χ1n) is 13.2. The van der Waals surface area contributed by atoms with Crippen molar-refractivity contribution in [1.82, 2.24) is 0 Å². The Morgan fingerprint density at radius 1 is 0.606 bits per heavy atom. The third kappa shape index (κ3) is 32.4. The molecule has 0 heterocycles. The molecule has 0 radical (unpaired) electrons. The van der Waals surface area contributed by atoms with E-state index in [2.05, 4.69) is 53.0 Å². The number of hydrogen-bond acceptors (Lipinski definition) is 6. The molecule has 0 rings (SSSR count). The second-order valence-electron chi connectivity index (χ2n) is 8.51. The average Bonchev–Trinajstić information content (AvgIpc) is 2.79. The molecule has 0 N–H and O–H groups in total. The molecule has 0 aliphatic rings. The van der Waals surface area contributed by atoms with Crippen LogP contribution in [0.1, 0.15) is 118 Å². The quantitative estimate of drug-likeness (QED) is 0.106. The van der Waals surface area contributed by atoms with Crippen molar-refractivity contribution < 1.29 is 19.8 Å². The minimum absolute atomic E-state index is 0.149. The van der Waals surface area contributed by atoms with Crippen LogP contribution >= 0.6 is 25.3 Å². The number of rotatable bonds is 20. The molecule has 0 fully saturated rings. The summed E-state index contributed by atoms with van der Waals surface area (Å²) < 4.78 is 3.25. The molecule has 7 heteroatoms. The van der Waals surface area contributed by atoms with Gasteiger partial charge in [-0.15, -0.1) is 0 Å². The Kier molecular flexibility index (Phi) is 37.3. The fraction of sp³-hybridized carbons (Fsp3) is 0.923. The van der Waals surface area contributed by atoms with Gasteiger partial charge in [0, 0.05) is 11.9 Å². The van der Waals surface area contributed by atoms with Crippen molar-refractivity contribution in [2.24, 2.45) is 11.8 Å². The van der Waals surface area contributed by atoms with Crippen molar-refractivity contribution >= 4 is 58.3 Å². The van der Waals surface area contributed by atoms with Crippen LogP contribution in [0.4, 0.5) is 0 Å². The normalized spacial score (nSPS) is 11.8. The zero-order valence-corrected chi connectivity index (χ0v) is 26.6. The van der Waals surface area contributed by atoms with Crippen LogP contribution in [0.15, 0.2) is 0 Å². The molecular formula is C26H52O4S2Sn. The van der Waals surface area contributed by atoms with Gasteiger partial charge in [0.15, 0.2) is 0 Å². The average molecular weight is 612 g/mol. The van der Waals surface area contributed by atoms with Gasteiger partial charge in [0.25, 0.3) is 0 Å². The number of aliphatic carboxylic acids is 2. The summed E-state index contributed by atoms with van der Waals surface area (Å²) in [6.45, 7) is 8.70.